The molecule has 1 aliphatic heterocycles. The number of fused-ring (bicyclic) bond motifs is 1. The van der Waals surface area contributed by atoms with Gasteiger partial charge in [0.05, 0.1) is 23.9 Å². The predicted octanol–water partition coefficient (Wildman–Crippen LogP) is 5.84. The highest BCUT2D eigenvalue weighted by molar-refractivity contribution is 6.01. The normalized spacial score (nSPS) is 17.6. The molecule has 1 fully saturated rings. The number of hydrogen-bond donors (Lipinski definition) is 1. The lowest BCUT2D eigenvalue weighted by atomic mass is 9.69. The van der Waals surface area contributed by atoms with Crippen LogP contribution < -0.4 is 9.64 Å². The molecule has 2 amide bonds. The highest BCUT2D eigenvalue weighted by Crippen LogP contribution is 2.50. The molecule has 0 spiro atoms. The van der Waals surface area contributed by atoms with Gasteiger partial charge in [0, 0.05) is 23.8 Å². The lowest BCUT2D eigenvalue weighted by molar-refractivity contribution is -0.128. The standard InChI is InChI=1S/C32H34N4O5/c1-31(2,3)36(30(38)39)32(15-8-16-32)23-13-11-22(12-14-23)27-24(21-9-6-5-7-10-21)19-25-28(34-27)41-26(20-40-4)29(37)35(25)18-17-33/h5-7,9-14,19,26H,8,15-16,18,20H2,1-4H3,(H,38,39). The number of pyridine rings is 1. The molecule has 41 heavy (non-hydrogen) atoms. The van der Waals surface area contributed by atoms with Gasteiger partial charge in [0.15, 0.2) is 0 Å². The van der Waals surface area contributed by atoms with Crippen LogP contribution in [0.3, 0.4) is 0 Å². The van der Waals surface area contributed by atoms with Gasteiger partial charge in [-0.2, -0.15) is 5.26 Å². The van der Waals surface area contributed by atoms with Crippen molar-refractivity contribution < 1.29 is 24.2 Å². The van der Waals surface area contributed by atoms with E-state index in [0.717, 1.165) is 41.5 Å². The van der Waals surface area contributed by atoms with Crippen molar-refractivity contribution in [3.8, 4) is 34.3 Å². The van der Waals surface area contributed by atoms with Crippen LogP contribution in [-0.4, -0.2) is 58.9 Å². The molecule has 0 radical (unpaired) electrons. The monoisotopic (exact) mass is 554 g/mol. The minimum Gasteiger partial charge on any atom is -0.465 e. The van der Waals surface area contributed by atoms with E-state index in [1.807, 2.05) is 81.4 Å². The molecule has 9 heteroatoms. The average molecular weight is 555 g/mol. The molecule has 2 heterocycles. The number of nitrogens with zero attached hydrogens (tertiary/aromatic N) is 4. The number of amides is 2. The molecule has 0 saturated heterocycles. The molecule has 2 aromatic carbocycles. The summed E-state index contributed by atoms with van der Waals surface area (Å²) in [5, 5.41) is 19.6. The van der Waals surface area contributed by atoms with Gasteiger partial charge in [-0.3, -0.25) is 14.6 Å². The van der Waals surface area contributed by atoms with Gasteiger partial charge in [0.1, 0.15) is 12.2 Å². The summed E-state index contributed by atoms with van der Waals surface area (Å²) < 4.78 is 11.2. The number of hydrogen-bond acceptors (Lipinski definition) is 6. The number of nitriles is 1. The molecule has 1 atom stereocenters. The van der Waals surface area contributed by atoms with Crippen LogP contribution >= 0.6 is 0 Å². The number of carbonyl (C=O) groups is 2. The summed E-state index contributed by atoms with van der Waals surface area (Å²) in [5.74, 6) is -0.104. The first-order chi connectivity index (χ1) is 19.6. The summed E-state index contributed by atoms with van der Waals surface area (Å²) in [6, 6.07) is 21.5. The lowest BCUT2D eigenvalue weighted by Gasteiger charge is -2.54. The third-order valence-electron chi connectivity index (χ3n) is 7.85. The Bertz CT molecular complexity index is 1490. The molecule has 1 aromatic heterocycles. The fraction of sp³-hybridized carbons (Fsp3) is 0.375. The minimum absolute atomic E-state index is 0.0300. The lowest BCUT2D eigenvalue weighted by Crippen LogP contribution is -2.60. The summed E-state index contributed by atoms with van der Waals surface area (Å²) in [7, 11) is 1.49. The fourth-order valence-electron chi connectivity index (χ4n) is 6.00. The Hall–Kier alpha value is -4.42. The van der Waals surface area contributed by atoms with Gasteiger partial charge in [0.2, 0.25) is 12.0 Å². The van der Waals surface area contributed by atoms with E-state index in [2.05, 4.69) is 6.07 Å². The molecule has 3 aromatic rings. The van der Waals surface area contributed by atoms with Crippen LogP contribution in [0.5, 0.6) is 5.88 Å². The second-order valence-electron chi connectivity index (χ2n) is 11.5. The summed E-state index contributed by atoms with van der Waals surface area (Å²) in [4.78, 5) is 33.4. The van der Waals surface area contributed by atoms with Gasteiger partial charge in [-0.15, -0.1) is 0 Å². The van der Waals surface area contributed by atoms with E-state index in [-0.39, 0.29) is 24.9 Å². The molecule has 1 saturated carbocycles. The van der Waals surface area contributed by atoms with Crippen LogP contribution in [0.2, 0.25) is 0 Å². The van der Waals surface area contributed by atoms with Gasteiger partial charge in [-0.25, -0.2) is 9.78 Å². The predicted molar refractivity (Wildman–Crippen MR) is 155 cm³/mol. The Morgan fingerprint density at radius 3 is 2.39 bits per heavy atom. The summed E-state index contributed by atoms with van der Waals surface area (Å²) >= 11 is 0. The van der Waals surface area contributed by atoms with Crippen molar-refractivity contribution in [2.75, 3.05) is 25.2 Å². The van der Waals surface area contributed by atoms with E-state index >= 15 is 0 Å². The van der Waals surface area contributed by atoms with Crippen LogP contribution in [0.1, 0.15) is 45.6 Å². The Morgan fingerprint density at radius 1 is 1.17 bits per heavy atom. The van der Waals surface area contributed by atoms with Crippen LogP contribution in [-0.2, 0) is 15.1 Å². The Balaban J connectivity index is 1.63. The Labute approximate surface area is 239 Å². The van der Waals surface area contributed by atoms with Crippen molar-refractivity contribution in [3.63, 3.8) is 0 Å². The maximum Gasteiger partial charge on any atom is 0.408 e. The first-order valence-corrected chi connectivity index (χ1v) is 13.7. The van der Waals surface area contributed by atoms with E-state index in [4.69, 9.17) is 14.5 Å². The number of methoxy groups -OCH3 is 1. The summed E-state index contributed by atoms with van der Waals surface area (Å²) in [6.45, 7) is 5.67. The molecular weight excluding hydrogens is 520 g/mol. The SMILES string of the molecule is COCC1Oc2nc(-c3ccc(C4(N(C(=O)O)C(C)(C)C)CCC4)cc3)c(-c3ccccc3)cc2N(CC#N)C1=O. The number of ether oxygens (including phenoxy) is 2. The molecule has 9 nitrogen and oxygen atoms in total. The highest BCUT2D eigenvalue weighted by Gasteiger charge is 2.50. The topological polar surface area (TPSA) is 116 Å². The number of anilines is 1. The maximum atomic E-state index is 13.1. The number of carboxylic acid groups (broad SMARTS) is 1. The van der Waals surface area contributed by atoms with Gasteiger partial charge in [-0.05, 0) is 57.2 Å². The van der Waals surface area contributed by atoms with E-state index in [1.165, 1.54) is 12.0 Å². The van der Waals surface area contributed by atoms with Crippen molar-refractivity contribution in [1.29, 1.82) is 5.26 Å². The van der Waals surface area contributed by atoms with Crippen molar-refractivity contribution >= 4 is 17.7 Å². The minimum atomic E-state index is -0.928. The quantitative estimate of drug-likeness (QED) is 0.365. The molecule has 0 bridgehead atoms. The number of rotatable bonds is 7. The zero-order chi connectivity index (χ0) is 29.4. The number of aromatic nitrogens is 1. The van der Waals surface area contributed by atoms with Crippen LogP contribution in [0, 0.1) is 11.3 Å². The highest BCUT2D eigenvalue weighted by atomic mass is 16.5. The van der Waals surface area contributed by atoms with E-state index in [0.29, 0.717) is 11.4 Å². The molecule has 2 aliphatic rings. The third kappa shape index (κ3) is 5.00. The second-order valence-corrected chi connectivity index (χ2v) is 11.5. The average Bonchev–Trinajstić information content (AvgIpc) is 2.92. The molecule has 1 N–H and O–H groups in total. The second kappa shape index (κ2) is 10.9. The van der Waals surface area contributed by atoms with Crippen LogP contribution in [0.25, 0.3) is 22.4 Å². The van der Waals surface area contributed by atoms with Gasteiger partial charge in [-0.1, -0.05) is 54.6 Å². The van der Waals surface area contributed by atoms with E-state index in [9.17, 15) is 20.0 Å². The van der Waals surface area contributed by atoms with Gasteiger partial charge < -0.3 is 14.6 Å². The van der Waals surface area contributed by atoms with Crippen molar-refractivity contribution in [2.24, 2.45) is 0 Å². The zero-order valence-corrected chi connectivity index (χ0v) is 23.8. The van der Waals surface area contributed by atoms with Gasteiger partial charge >= 0.3 is 6.09 Å². The number of benzene rings is 2. The zero-order valence-electron chi connectivity index (χ0n) is 23.8. The molecule has 212 valence electrons. The molecular formula is C32H34N4O5. The Kier molecular flexibility index (Phi) is 7.45. The summed E-state index contributed by atoms with van der Waals surface area (Å²) in [5.41, 5.74) is 3.38. The maximum absolute atomic E-state index is 13.1. The smallest absolute Gasteiger partial charge is 0.408 e. The molecule has 1 unspecified atom stereocenters. The van der Waals surface area contributed by atoms with Crippen LogP contribution in [0.15, 0.2) is 60.7 Å². The largest absolute Gasteiger partial charge is 0.465 e. The molecule has 1 aliphatic carbocycles. The molecule has 5 rings (SSSR count). The third-order valence-corrected chi connectivity index (χ3v) is 7.85. The fourth-order valence-corrected chi connectivity index (χ4v) is 6.00. The van der Waals surface area contributed by atoms with Crippen molar-refractivity contribution in [3.05, 3.63) is 66.2 Å². The van der Waals surface area contributed by atoms with Crippen molar-refractivity contribution in [2.45, 2.75) is 57.2 Å². The summed E-state index contributed by atoms with van der Waals surface area (Å²) in [6.07, 6.45) is 0.649. The van der Waals surface area contributed by atoms with E-state index in [1.54, 1.807) is 4.90 Å². The first kappa shape index (κ1) is 28.1. The number of carbonyl (C=O) groups excluding carboxylic acids is 1. The van der Waals surface area contributed by atoms with Gasteiger partial charge in [0.25, 0.3) is 5.91 Å². The Morgan fingerprint density at radius 2 is 1.85 bits per heavy atom. The van der Waals surface area contributed by atoms with Crippen molar-refractivity contribution in [1.82, 2.24) is 9.88 Å². The first-order valence-electron chi connectivity index (χ1n) is 13.7. The van der Waals surface area contributed by atoms with Crippen LogP contribution in [0.4, 0.5) is 10.5 Å². The van der Waals surface area contributed by atoms with E-state index < -0.39 is 23.3 Å².